The zero-order valence-electron chi connectivity index (χ0n) is 29.9. The lowest BCUT2D eigenvalue weighted by atomic mass is 9.88. The summed E-state index contributed by atoms with van der Waals surface area (Å²) in [4.78, 5) is 2.26. The van der Waals surface area contributed by atoms with Crippen molar-refractivity contribution >= 4 is 71.2 Å². The second kappa shape index (κ2) is 10.6. The lowest BCUT2D eigenvalue weighted by Gasteiger charge is -2.25. The molecule has 0 atom stereocenters. The maximum Gasteiger partial charge on any atom is 0.0645 e. The topological polar surface area (TPSA) is 8.17 Å². The molecule has 10 rings (SSSR count). The van der Waals surface area contributed by atoms with Gasteiger partial charge in [0.25, 0.3) is 0 Å². The van der Waals surface area contributed by atoms with E-state index in [4.69, 9.17) is 5.48 Å². The van der Waals surface area contributed by atoms with Gasteiger partial charge in [-0.25, -0.2) is 0 Å². The lowest BCUT2D eigenvalue weighted by molar-refractivity contribution is 1.18. The Morgan fingerprint density at radius 2 is 1.02 bits per heavy atom. The lowest BCUT2D eigenvalue weighted by Crippen LogP contribution is -2.09. The molecule has 0 aliphatic carbocycles. The number of rotatable bonds is 5. The van der Waals surface area contributed by atoms with Gasteiger partial charge in [-0.1, -0.05) is 121 Å². The maximum atomic E-state index is 9.11. The van der Waals surface area contributed by atoms with Gasteiger partial charge in [-0.05, 0) is 104 Å². The highest BCUT2D eigenvalue weighted by Gasteiger charge is 2.20. The van der Waals surface area contributed by atoms with Gasteiger partial charge in [0.05, 0.1) is 16.5 Å². The van der Waals surface area contributed by atoms with E-state index >= 15 is 0 Å². The van der Waals surface area contributed by atoms with Gasteiger partial charge in [-0.3, -0.25) is 0 Å². The minimum absolute atomic E-state index is 0.0217. The molecule has 2 nitrogen and oxygen atoms in total. The quantitative estimate of drug-likeness (QED) is 0.175. The molecule has 0 amide bonds. The molecule has 0 saturated carbocycles. The second-order valence-electron chi connectivity index (χ2n) is 12.3. The summed E-state index contributed by atoms with van der Waals surface area (Å²) in [5.41, 5.74) is 7.70. The Kier molecular flexibility index (Phi) is 5.08. The Labute approximate surface area is 284 Å². The molecule has 48 heavy (non-hydrogen) atoms. The van der Waals surface area contributed by atoms with E-state index in [0.717, 1.165) is 77.1 Å². The van der Waals surface area contributed by atoms with Crippen molar-refractivity contribution in [2.24, 2.45) is 0 Å². The Morgan fingerprint density at radius 3 is 1.75 bits per heavy atom. The first-order valence-corrected chi connectivity index (χ1v) is 16.2. The van der Waals surface area contributed by atoms with Gasteiger partial charge >= 0.3 is 0 Å². The predicted octanol–water partition coefficient (Wildman–Crippen LogP) is 12.8. The van der Waals surface area contributed by atoms with Crippen LogP contribution in [0.3, 0.4) is 0 Å². The Hall–Kier alpha value is -6.38. The third-order valence-electron chi connectivity index (χ3n) is 9.62. The first-order valence-electron chi connectivity index (χ1n) is 18.2. The summed E-state index contributed by atoms with van der Waals surface area (Å²) in [6.07, 6.45) is 0. The number of fused-ring (bicyclic) bond motifs is 4. The van der Waals surface area contributed by atoms with Gasteiger partial charge in [0.2, 0.25) is 0 Å². The summed E-state index contributed by atoms with van der Waals surface area (Å²) in [6, 6.07) is 54.1. The van der Waals surface area contributed by atoms with Crippen LogP contribution in [0.4, 0.5) is 17.1 Å². The summed E-state index contributed by atoms with van der Waals surface area (Å²) in [5, 5.41) is 7.92. The molecule has 9 aromatic carbocycles. The predicted molar refractivity (Wildman–Crippen MR) is 205 cm³/mol. The number of aromatic nitrogens is 1. The molecule has 0 N–H and O–H groups in total. The number of benzene rings is 9. The van der Waals surface area contributed by atoms with Crippen molar-refractivity contribution in [2.45, 2.75) is 0 Å². The van der Waals surface area contributed by atoms with E-state index in [1.165, 1.54) is 0 Å². The fraction of sp³-hybridized carbons (Fsp3) is 0. The number of nitrogens with zero attached hydrogens (tertiary/aromatic N) is 2. The van der Waals surface area contributed by atoms with Crippen molar-refractivity contribution in [3.05, 3.63) is 182 Å². The number of para-hydroxylation sites is 4. The molecule has 1 heterocycles. The van der Waals surface area contributed by atoms with Crippen LogP contribution >= 0.6 is 0 Å². The van der Waals surface area contributed by atoms with Crippen molar-refractivity contribution in [3.8, 4) is 16.8 Å². The zero-order valence-corrected chi connectivity index (χ0v) is 25.9. The summed E-state index contributed by atoms with van der Waals surface area (Å²) >= 11 is 0. The van der Waals surface area contributed by atoms with E-state index in [0.29, 0.717) is 10.9 Å². The van der Waals surface area contributed by atoms with Crippen LogP contribution in [0.1, 0.15) is 5.48 Å². The van der Waals surface area contributed by atoms with Crippen molar-refractivity contribution in [1.29, 1.82) is 0 Å². The van der Waals surface area contributed by atoms with E-state index in [1.54, 1.807) is 0 Å². The number of hydrogen-bond acceptors (Lipinski definition) is 1. The minimum Gasteiger partial charge on any atom is -0.311 e. The molecule has 0 unspecified atom stereocenters. The van der Waals surface area contributed by atoms with Crippen LogP contribution in [0.15, 0.2) is 182 Å². The van der Waals surface area contributed by atoms with Crippen molar-refractivity contribution in [3.63, 3.8) is 0 Å². The fourth-order valence-corrected chi connectivity index (χ4v) is 7.56. The average molecular weight is 615 g/mol. The third kappa shape index (κ3) is 4.00. The number of anilines is 3. The summed E-state index contributed by atoms with van der Waals surface area (Å²) in [6.45, 7) is 0. The maximum absolute atomic E-state index is 9.11. The first kappa shape index (κ1) is 23.0. The van der Waals surface area contributed by atoms with Gasteiger partial charge in [0.15, 0.2) is 0 Å². The highest BCUT2D eigenvalue weighted by molar-refractivity contribution is 6.34. The molecule has 2 heteroatoms. The summed E-state index contributed by atoms with van der Waals surface area (Å²) in [7, 11) is 0. The fourth-order valence-electron chi connectivity index (χ4n) is 7.56. The van der Waals surface area contributed by atoms with Crippen LogP contribution in [-0.4, -0.2) is 4.57 Å². The Balaban J connectivity index is 1.21. The Bertz CT molecular complexity index is 2940. The highest BCUT2D eigenvalue weighted by Crippen LogP contribution is 2.45. The van der Waals surface area contributed by atoms with Crippen molar-refractivity contribution in [1.82, 2.24) is 4.57 Å². The van der Waals surface area contributed by atoms with Gasteiger partial charge in [0.1, 0.15) is 0 Å². The van der Waals surface area contributed by atoms with E-state index in [9.17, 15) is 0 Å². The molecule has 1 aromatic heterocycles. The molecule has 0 radical (unpaired) electrons. The van der Waals surface area contributed by atoms with Gasteiger partial charge in [0, 0.05) is 33.5 Å². The summed E-state index contributed by atoms with van der Waals surface area (Å²) in [5.74, 6) is 0. The van der Waals surface area contributed by atoms with Gasteiger partial charge < -0.3 is 9.47 Å². The Morgan fingerprint density at radius 1 is 0.438 bits per heavy atom. The van der Waals surface area contributed by atoms with Crippen LogP contribution in [0.5, 0.6) is 0 Å². The second-order valence-corrected chi connectivity index (χ2v) is 12.3. The van der Waals surface area contributed by atoms with E-state index in [-0.39, 0.29) is 24.2 Å². The SMILES string of the molecule is [2H]c1c([2H])c([2H])c2c(c1[2H])c1c3ccc4ccc(-c5ccc(N(c6ccccc6)c6ccccc6)cc5)c5ccc(cc1n2-c1ccccc1)c3c45. The molecule has 0 bridgehead atoms. The molecule has 0 aliphatic rings. The molecule has 10 aromatic rings. The smallest absolute Gasteiger partial charge is 0.0645 e. The monoisotopic (exact) mass is 614 g/mol. The van der Waals surface area contributed by atoms with E-state index in [1.807, 2.05) is 47.0 Å². The molecule has 0 saturated heterocycles. The van der Waals surface area contributed by atoms with Crippen LogP contribution < -0.4 is 4.90 Å². The average Bonchev–Trinajstić information content (AvgIpc) is 3.55. The summed E-state index contributed by atoms with van der Waals surface area (Å²) < 4.78 is 37.3. The van der Waals surface area contributed by atoms with Crippen LogP contribution in [0, 0.1) is 0 Å². The van der Waals surface area contributed by atoms with Gasteiger partial charge in [-0.15, -0.1) is 0 Å². The van der Waals surface area contributed by atoms with Crippen LogP contribution in [-0.2, 0) is 0 Å². The largest absolute Gasteiger partial charge is 0.311 e. The molecular formula is C46H30N2. The third-order valence-corrected chi connectivity index (χ3v) is 9.62. The van der Waals surface area contributed by atoms with Crippen LogP contribution in [0.25, 0.3) is 70.9 Å². The molecule has 0 spiro atoms. The zero-order chi connectivity index (χ0) is 35.1. The standard InChI is InChI=1S/C46H30N2/c1-4-12-34(13-5-1)47(35-14-6-2-7-15-35)37-25-20-31(21-26-37)38-27-22-32-23-29-41-45-33(24-28-39(38)44(32)45)30-43-46(41)40-18-10-11-19-42(40)48(43)36-16-8-3-9-17-36/h1-30H/i10D,11D,18D,19D. The van der Waals surface area contributed by atoms with Crippen molar-refractivity contribution < 1.29 is 5.48 Å². The molecule has 0 fully saturated rings. The minimum atomic E-state index is -0.231. The number of hydrogen-bond donors (Lipinski definition) is 0. The molecule has 0 aliphatic heterocycles. The molecule has 224 valence electrons. The van der Waals surface area contributed by atoms with E-state index in [2.05, 4.69) is 120 Å². The normalized spacial score (nSPS) is 12.9. The molecular weight excluding hydrogens is 581 g/mol. The first-order chi connectivity index (χ1) is 25.5. The van der Waals surface area contributed by atoms with E-state index < -0.39 is 0 Å². The van der Waals surface area contributed by atoms with Crippen LogP contribution in [0.2, 0.25) is 0 Å². The highest BCUT2D eigenvalue weighted by atomic mass is 15.1. The van der Waals surface area contributed by atoms with Crippen molar-refractivity contribution in [2.75, 3.05) is 4.90 Å². The van der Waals surface area contributed by atoms with Gasteiger partial charge in [-0.2, -0.15) is 0 Å².